The second kappa shape index (κ2) is 12.5. The molecular weight excluding hydrogens is 691 g/mol. The van der Waals surface area contributed by atoms with Crippen molar-refractivity contribution >= 4 is 65.4 Å². The van der Waals surface area contributed by atoms with Gasteiger partial charge in [-0.2, -0.15) is 0 Å². The van der Waals surface area contributed by atoms with Crippen LogP contribution in [-0.4, -0.2) is 13.7 Å². The first-order valence-corrected chi connectivity index (χ1v) is 19.6. The standard InChI is InChI=1S/C54H35N3/c1-2-16-40(17-3-1)55-51-26-10-6-22-45(51)47-34-38(28-30-53(47)55)39-29-31-54-48(35-39)46-23-7-11-27-52(46)57(54)42-19-13-15-37(33-42)36-14-12-18-41(32-36)56-49-24-8-4-20-43(49)44-21-5-9-25-50(44)56/h1-35H. The van der Waals surface area contributed by atoms with Crippen molar-refractivity contribution in [3.05, 3.63) is 212 Å². The summed E-state index contributed by atoms with van der Waals surface area (Å²) in [6, 6.07) is 77.4. The Balaban J connectivity index is 0.978. The van der Waals surface area contributed by atoms with Crippen molar-refractivity contribution in [1.29, 1.82) is 0 Å². The average Bonchev–Trinajstić information content (AvgIpc) is 3.92. The molecule has 0 N–H and O–H groups in total. The van der Waals surface area contributed by atoms with E-state index in [0.29, 0.717) is 0 Å². The van der Waals surface area contributed by atoms with Crippen LogP contribution < -0.4 is 0 Å². The van der Waals surface area contributed by atoms with E-state index in [2.05, 4.69) is 226 Å². The second-order valence-electron chi connectivity index (χ2n) is 15.0. The van der Waals surface area contributed by atoms with Gasteiger partial charge >= 0.3 is 0 Å². The van der Waals surface area contributed by atoms with E-state index < -0.39 is 0 Å². The smallest absolute Gasteiger partial charge is 0.0541 e. The van der Waals surface area contributed by atoms with Gasteiger partial charge < -0.3 is 13.7 Å². The predicted molar refractivity (Wildman–Crippen MR) is 240 cm³/mol. The number of para-hydroxylation sites is 5. The number of benzene rings is 9. The number of nitrogens with zero attached hydrogens (tertiary/aromatic N) is 3. The maximum Gasteiger partial charge on any atom is 0.0541 e. The third kappa shape index (κ3) is 4.86. The Hall–Kier alpha value is -7.62. The summed E-state index contributed by atoms with van der Waals surface area (Å²) >= 11 is 0. The van der Waals surface area contributed by atoms with E-state index in [1.54, 1.807) is 0 Å². The normalized spacial score (nSPS) is 11.9. The number of fused-ring (bicyclic) bond motifs is 9. The van der Waals surface area contributed by atoms with E-state index in [9.17, 15) is 0 Å². The van der Waals surface area contributed by atoms with Crippen molar-refractivity contribution in [2.75, 3.05) is 0 Å². The minimum atomic E-state index is 1.14. The average molecular weight is 726 g/mol. The van der Waals surface area contributed by atoms with Gasteiger partial charge in [-0.1, -0.05) is 127 Å². The number of rotatable bonds is 5. The molecule has 3 nitrogen and oxygen atoms in total. The van der Waals surface area contributed by atoms with Crippen LogP contribution in [0.4, 0.5) is 0 Å². The summed E-state index contributed by atoms with van der Waals surface area (Å²) < 4.78 is 7.19. The van der Waals surface area contributed by atoms with Crippen molar-refractivity contribution in [3.8, 4) is 39.3 Å². The van der Waals surface area contributed by atoms with Gasteiger partial charge in [-0.15, -0.1) is 0 Å². The molecule has 0 aliphatic rings. The molecule has 0 amide bonds. The Morgan fingerprint density at radius 2 is 0.509 bits per heavy atom. The molecule has 3 aromatic heterocycles. The van der Waals surface area contributed by atoms with Crippen LogP contribution in [0.5, 0.6) is 0 Å². The highest BCUT2D eigenvalue weighted by Crippen LogP contribution is 2.39. The lowest BCUT2D eigenvalue weighted by atomic mass is 10.0. The molecule has 0 aliphatic heterocycles. The fraction of sp³-hybridized carbons (Fsp3) is 0. The molecule has 0 spiro atoms. The van der Waals surface area contributed by atoms with Gasteiger partial charge in [-0.05, 0) is 107 Å². The molecule has 0 unspecified atom stereocenters. The fourth-order valence-corrected chi connectivity index (χ4v) is 9.29. The Morgan fingerprint density at radius 1 is 0.193 bits per heavy atom. The molecule has 0 atom stereocenters. The Kier molecular flexibility index (Phi) is 6.93. The van der Waals surface area contributed by atoms with Crippen molar-refractivity contribution in [2.45, 2.75) is 0 Å². The molecule has 0 saturated carbocycles. The molecule has 0 fully saturated rings. The van der Waals surface area contributed by atoms with Gasteiger partial charge in [0.2, 0.25) is 0 Å². The minimum Gasteiger partial charge on any atom is -0.309 e. The largest absolute Gasteiger partial charge is 0.309 e. The third-order valence-corrected chi connectivity index (χ3v) is 11.8. The van der Waals surface area contributed by atoms with E-state index in [-0.39, 0.29) is 0 Å². The lowest BCUT2D eigenvalue weighted by Gasteiger charge is -2.13. The zero-order chi connectivity index (χ0) is 37.5. The summed E-state index contributed by atoms with van der Waals surface area (Å²) in [6.07, 6.45) is 0. The molecule has 0 bridgehead atoms. The summed E-state index contributed by atoms with van der Waals surface area (Å²) in [6.45, 7) is 0. The van der Waals surface area contributed by atoms with E-state index >= 15 is 0 Å². The highest BCUT2D eigenvalue weighted by atomic mass is 15.0. The quantitative estimate of drug-likeness (QED) is 0.168. The lowest BCUT2D eigenvalue weighted by Crippen LogP contribution is -1.96. The monoisotopic (exact) mass is 725 g/mol. The van der Waals surface area contributed by atoms with Gasteiger partial charge in [0.25, 0.3) is 0 Å². The summed E-state index contributed by atoms with van der Waals surface area (Å²) in [5.74, 6) is 0. The maximum atomic E-state index is 2.42. The minimum absolute atomic E-state index is 1.14. The van der Waals surface area contributed by atoms with Crippen molar-refractivity contribution in [3.63, 3.8) is 0 Å². The zero-order valence-corrected chi connectivity index (χ0v) is 31.0. The van der Waals surface area contributed by atoms with Crippen LogP contribution >= 0.6 is 0 Å². The molecule has 0 aliphatic carbocycles. The number of hydrogen-bond acceptors (Lipinski definition) is 0. The van der Waals surface area contributed by atoms with Crippen molar-refractivity contribution in [1.82, 2.24) is 13.7 Å². The Bertz CT molecular complexity index is 3470. The molecule has 12 aromatic rings. The summed E-state index contributed by atoms with van der Waals surface area (Å²) in [5, 5.41) is 7.55. The van der Waals surface area contributed by atoms with Crippen LogP contribution in [0.15, 0.2) is 212 Å². The first-order valence-electron chi connectivity index (χ1n) is 19.6. The lowest BCUT2D eigenvalue weighted by molar-refractivity contribution is 1.17. The third-order valence-electron chi connectivity index (χ3n) is 11.8. The van der Waals surface area contributed by atoms with Crippen LogP contribution in [0.1, 0.15) is 0 Å². The molecule has 3 heterocycles. The highest BCUT2D eigenvalue weighted by Gasteiger charge is 2.17. The summed E-state index contributed by atoms with van der Waals surface area (Å²) in [4.78, 5) is 0. The van der Waals surface area contributed by atoms with Gasteiger partial charge in [0.05, 0.1) is 33.1 Å². The van der Waals surface area contributed by atoms with Gasteiger partial charge in [-0.3, -0.25) is 0 Å². The summed E-state index contributed by atoms with van der Waals surface area (Å²) in [7, 11) is 0. The van der Waals surface area contributed by atoms with Crippen LogP contribution in [0, 0.1) is 0 Å². The van der Waals surface area contributed by atoms with Crippen LogP contribution in [0.2, 0.25) is 0 Å². The van der Waals surface area contributed by atoms with Gasteiger partial charge in [0.1, 0.15) is 0 Å². The molecule has 9 aromatic carbocycles. The Labute approximate surface area is 329 Å². The van der Waals surface area contributed by atoms with Gasteiger partial charge in [0, 0.05) is 49.4 Å². The molecule has 0 saturated heterocycles. The van der Waals surface area contributed by atoms with Crippen LogP contribution in [0.25, 0.3) is 105 Å². The Morgan fingerprint density at radius 3 is 0.947 bits per heavy atom. The number of aromatic nitrogens is 3. The zero-order valence-electron chi connectivity index (χ0n) is 31.0. The number of hydrogen-bond donors (Lipinski definition) is 0. The van der Waals surface area contributed by atoms with E-state index in [4.69, 9.17) is 0 Å². The first-order chi connectivity index (χ1) is 28.3. The molecule has 3 heteroatoms. The molecular formula is C54H35N3. The summed E-state index contributed by atoms with van der Waals surface area (Å²) in [5.41, 5.74) is 15.5. The van der Waals surface area contributed by atoms with E-state index in [0.717, 1.165) is 11.4 Å². The van der Waals surface area contributed by atoms with Gasteiger partial charge in [-0.25, -0.2) is 0 Å². The van der Waals surface area contributed by atoms with Crippen LogP contribution in [0.3, 0.4) is 0 Å². The van der Waals surface area contributed by atoms with Gasteiger partial charge in [0.15, 0.2) is 0 Å². The second-order valence-corrected chi connectivity index (χ2v) is 15.0. The predicted octanol–water partition coefficient (Wildman–Crippen LogP) is 14.3. The fourth-order valence-electron chi connectivity index (χ4n) is 9.29. The maximum absolute atomic E-state index is 2.42. The van der Waals surface area contributed by atoms with Crippen molar-refractivity contribution in [2.24, 2.45) is 0 Å². The highest BCUT2D eigenvalue weighted by molar-refractivity contribution is 6.13. The molecule has 12 rings (SSSR count). The van der Waals surface area contributed by atoms with E-state index in [1.165, 1.54) is 93.4 Å². The molecule has 0 radical (unpaired) electrons. The van der Waals surface area contributed by atoms with Crippen LogP contribution in [-0.2, 0) is 0 Å². The topological polar surface area (TPSA) is 14.8 Å². The molecule has 266 valence electrons. The first kappa shape index (κ1) is 31.7. The molecule has 57 heavy (non-hydrogen) atoms. The SMILES string of the molecule is c1ccc(-n2c3ccccc3c3cc(-c4ccc5c(c4)c4ccccc4n5-c4cccc(-c5cccc(-n6c7ccccc7c7ccccc76)c5)c4)ccc32)cc1. The van der Waals surface area contributed by atoms with E-state index in [1.807, 2.05) is 0 Å². The van der Waals surface area contributed by atoms with Crippen molar-refractivity contribution < 1.29 is 0 Å².